The van der Waals surface area contributed by atoms with E-state index in [1.54, 1.807) is 18.2 Å². The molecule has 0 aliphatic rings. The standard InChI is InChI=1S/C7H7N3S/c8-4-5-1-2-6(11)3-7(5)10-9/h1-3,10-11H,9H2. The van der Waals surface area contributed by atoms with E-state index in [2.05, 4.69) is 18.1 Å². The average Bonchev–Trinajstić information content (AvgIpc) is 2.04. The van der Waals surface area contributed by atoms with Crippen LogP contribution in [-0.2, 0) is 0 Å². The second kappa shape index (κ2) is 3.28. The lowest BCUT2D eigenvalue weighted by Crippen LogP contribution is -2.08. The lowest BCUT2D eigenvalue weighted by atomic mass is 10.2. The zero-order chi connectivity index (χ0) is 8.27. The van der Waals surface area contributed by atoms with Gasteiger partial charge in [0.2, 0.25) is 0 Å². The number of nitrogens with zero attached hydrogens (tertiary/aromatic N) is 1. The van der Waals surface area contributed by atoms with Gasteiger partial charge in [-0.05, 0) is 18.2 Å². The molecule has 3 nitrogen and oxygen atoms in total. The molecule has 4 heteroatoms. The summed E-state index contributed by atoms with van der Waals surface area (Å²) in [5.41, 5.74) is 3.53. The zero-order valence-corrected chi connectivity index (χ0v) is 6.60. The Kier molecular flexibility index (Phi) is 2.36. The third-order valence-electron chi connectivity index (χ3n) is 1.28. The molecule has 0 bridgehead atoms. The summed E-state index contributed by atoms with van der Waals surface area (Å²) < 4.78 is 0. The fraction of sp³-hybridized carbons (Fsp3) is 0. The summed E-state index contributed by atoms with van der Waals surface area (Å²) >= 11 is 4.09. The molecule has 0 aliphatic heterocycles. The highest BCUT2D eigenvalue weighted by atomic mass is 32.1. The second-order valence-electron chi connectivity index (χ2n) is 1.99. The quantitative estimate of drug-likeness (QED) is 0.332. The van der Waals surface area contributed by atoms with E-state index in [9.17, 15) is 0 Å². The van der Waals surface area contributed by atoms with Crippen molar-refractivity contribution >= 4 is 18.3 Å². The van der Waals surface area contributed by atoms with Gasteiger partial charge in [-0.2, -0.15) is 5.26 Å². The maximum absolute atomic E-state index is 8.57. The Morgan fingerprint density at radius 2 is 2.27 bits per heavy atom. The number of nitrogens with two attached hydrogens (primary N) is 1. The Morgan fingerprint density at radius 3 is 2.82 bits per heavy atom. The maximum Gasteiger partial charge on any atom is 0.101 e. The fourth-order valence-electron chi connectivity index (χ4n) is 0.749. The molecule has 1 rings (SSSR count). The largest absolute Gasteiger partial charge is 0.323 e. The third-order valence-corrected chi connectivity index (χ3v) is 1.56. The Morgan fingerprint density at radius 1 is 1.55 bits per heavy atom. The molecular formula is C7H7N3S. The van der Waals surface area contributed by atoms with Gasteiger partial charge >= 0.3 is 0 Å². The predicted octanol–water partition coefficient (Wildman–Crippen LogP) is 1.13. The van der Waals surface area contributed by atoms with Crippen molar-refractivity contribution in [1.29, 1.82) is 5.26 Å². The highest BCUT2D eigenvalue weighted by Gasteiger charge is 1.98. The van der Waals surface area contributed by atoms with Crippen LogP contribution in [0.25, 0.3) is 0 Å². The number of nitriles is 1. The van der Waals surface area contributed by atoms with Gasteiger partial charge in [0, 0.05) is 4.90 Å². The van der Waals surface area contributed by atoms with Gasteiger partial charge in [-0.3, -0.25) is 5.84 Å². The number of hydrazine groups is 1. The molecule has 11 heavy (non-hydrogen) atoms. The van der Waals surface area contributed by atoms with E-state index < -0.39 is 0 Å². The first-order chi connectivity index (χ1) is 5.27. The summed E-state index contributed by atoms with van der Waals surface area (Å²) in [4.78, 5) is 0.775. The van der Waals surface area contributed by atoms with Gasteiger partial charge in [0.05, 0.1) is 11.3 Å². The van der Waals surface area contributed by atoms with Crippen LogP contribution in [0, 0.1) is 11.3 Å². The number of nitrogen functional groups attached to an aromatic ring is 1. The summed E-state index contributed by atoms with van der Waals surface area (Å²) in [5.74, 6) is 5.16. The van der Waals surface area contributed by atoms with Crippen LogP contribution in [0.4, 0.5) is 5.69 Å². The van der Waals surface area contributed by atoms with E-state index in [4.69, 9.17) is 11.1 Å². The van der Waals surface area contributed by atoms with Gasteiger partial charge in [0.1, 0.15) is 6.07 Å². The van der Waals surface area contributed by atoms with E-state index >= 15 is 0 Å². The maximum atomic E-state index is 8.57. The molecule has 0 aromatic heterocycles. The number of hydrogen-bond acceptors (Lipinski definition) is 4. The molecular weight excluding hydrogens is 158 g/mol. The molecule has 0 saturated carbocycles. The van der Waals surface area contributed by atoms with Crippen LogP contribution in [-0.4, -0.2) is 0 Å². The van der Waals surface area contributed by atoms with E-state index in [0.717, 1.165) is 4.90 Å². The van der Waals surface area contributed by atoms with Crippen molar-refractivity contribution in [2.24, 2.45) is 5.84 Å². The van der Waals surface area contributed by atoms with Crippen LogP contribution in [0.5, 0.6) is 0 Å². The van der Waals surface area contributed by atoms with Gasteiger partial charge < -0.3 is 5.43 Å². The summed E-state index contributed by atoms with van der Waals surface area (Å²) in [5, 5.41) is 8.57. The first kappa shape index (κ1) is 7.92. The van der Waals surface area contributed by atoms with Crippen molar-refractivity contribution in [3.05, 3.63) is 23.8 Å². The fourth-order valence-corrected chi connectivity index (χ4v) is 0.953. The minimum Gasteiger partial charge on any atom is -0.323 e. The third kappa shape index (κ3) is 1.64. The first-order valence-electron chi connectivity index (χ1n) is 2.97. The van der Waals surface area contributed by atoms with Crippen molar-refractivity contribution in [2.75, 3.05) is 5.43 Å². The Balaban J connectivity index is 3.19. The van der Waals surface area contributed by atoms with Crippen molar-refractivity contribution in [2.45, 2.75) is 4.90 Å². The molecule has 0 unspecified atom stereocenters. The summed E-state index contributed by atoms with van der Waals surface area (Å²) in [7, 11) is 0. The molecule has 0 saturated heterocycles. The van der Waals surface area contributed by atoms with Gasteiger partial charge in [-0.15, -0.1) is 12.6 Å². The topological polar surface area (TPSA) is 61.8 Å². The molecule has 1 aromatic rings. The van der Waals surface area contributed by atoms with E-state index in [1.807, 2.05) is 6.07 Å². The highest BCUT2D eigenvalue weighted by Crippen LogP contribution is 2.17. The highest BCUT2D eigenvalue weighted by molar-refractivity contribution is 7.80. The molecule has 0 aliphatic carbocycles. The molecule has 0 fully saturated rings. The molecule has 0 amide bonds. The second-order valence-corrected chi connectivity index (χ2v) is 2.50. The molecule has 3 N–H and O–H groups in total. The zero-order valence-electron chi connectivity index (χ0n) is 5.70. The van der Waals surface area contributed by atoms with Gasteiger partial charge in [-0.25, -0.2) is 0 Å². The smallest absolute Gasteiger partial charge is 0.101 e. The molecule has 56 valence electrons. The van der Waals surface area contributed by atoms with Crippen LogP contribution in [0.1, 0.15) is 5.56 Å². The average molecular weight is 165 g/mol. The molecule has 0 heterocycles. The lowest BCUT2D eigenvalue weighted by molar-refractivity contribution is 1.30. The predicted molar refractivity (Wildman–Crippen MR) is 46.2 cm³/mol. The Bertz CT molecular complexity index is 303. The van der Waals surface area contributed by atoms with E-state index in [0.29, 0.717) is 11.3 Å². The van der Waals surface area contributed by atoms with Crippen LogP contribution < -0.4 is 11.3 Å². The number of rotatable bonds is 1. The van der Waals surface area contributed by atoms with Crippen LogP contribution in [0.3, 0.4) is 0 Å². The molecule has 0 spiro atoms. The number of anilines is 1. The van der Waals surface area contributed by atoms with Crippen LogP contribution in [0.15, 0.2) is 23.1 Å². The van der Waals surface area contributed by atoms with Crippen LogP contribution in [0.2, 0.25) is 0 Å². The Labute approximate surface area is 70.2 Å². The number of benzene rings is 1. The summed E-state index contributed by atoms with van der Waals surface area (Å²) in [6, 6.07) is 7.10. The molecule has 0 atom stereocenters. The van der Waals surface area contributed by atoms with Crippen LogP contribution >= 0.6 is 12.6 Å². The molecule has 1 aromatic carbocycles. The summed E-state index contributed by atoms with van der Waals surface area (Å²) in [6.07, 6.45) is 0. The minimum atomic E-state index is 0.519. The normalized spacial score (nSPS) is 8.82. The SMILES string of the molecule is N#Cc1ccc(S)cc1NN. The van der Waals surface area contributed by atoms with E-state index in [-0.39, 0.29) is 0 Å². The number of thiol groups is 1. The minimum absolute atomic E-state index is 0.519. The first-order valence-corrected chi connectivity index (χ1v) is 3.42. The van der Waals surface area contributed by atoms with Gasteiger partial charge in [0.15, 0.2) is 0 Å². The van der Waals surface area contributed by atoms with Gasteiger partial charge in [0.25, 0.3) is 0 Å². The van der Waals surface area contributed by atoms with Crippen molar-refractivity contribution in [1.82, 2.24) is 0 Å². The summed E-state index contributed by atoms with van der Waals surface area (Å²) in [6.45, 7) is 0. The van der Waals surface area contributed by atoms with Crippen molar-refractivity contribution < 1.29 is 0 Å². The monoisotopic (exact) mass is 165 g/mol. The van der Waals surface area contributed by atoms with Gasteiger partial charge in [-0.1, -0.05) is 0 Å². The van der Waals surface area contributed by atoms with E-state index in [1.165, 1.54) is 0 Å². The molecule has 0 radical (unpaired) electrons. The number of hydrogen-bond donors (Lipinski definition) is 3. The lowest BCUT2D eigenvalue weighted by Gasteiger charge is -2.01. The van der Waals surface area contributed by atoms with Crippen molar-refractivity contribution in [3.63, 3.8) is 0 Å². The van der Waals surface area contributed by atoms with Crippen molar-refractivity contribution in [3.8, 4) is 6.07 Å². The Hall–Kier alpha value is -1.18. The number of nitrogens with one attached hydrogen (secondary N) is 1.